The molecule has 0 aliphatic carbocycles. The maximum absolute atomic E-state index is 12.4. The van der Waals surface area contributed by atoms with Crippen molar-refractivity contribution >= 4 is 11.9 Å². The molecule has 1 aliphatic rings. The van der Waals surface area contributed by atoms with Crippen LogP contribution in [0, 0.1) is 5.92 Å². The van der Waals surface area contributed by atoms with Crippen LogP contribution in [0.5, 0.6) is 11.5 Å². The van der Waals surface area contributed by atoms with Crippen molar-refractivity contribution in [3.05, 3.63) is 60.2 Å². The van der Waals surface area contributed by atoms with Gasteiger partial charge in [-0.25, -0.2) is 4.79 Å². The predicted octanol–water partition coefficient (Wildman–Crippen LogP) is 3.89. The molecule has 0 aromatic heterocycles. The second kappa shape index (κ2) is 8.52. The molecule has 0 spiro atoms. The van der Waals surface area contributed by atoms with Gasteiger partial charge in [0.25, 0.3) is 5.91 Å². The Bertz CT molecular complexity index is 752. The smallest absolute Gasteiger partial charge is 0.342 e. The zero-order valence-corrected chi connectivity index (χ0v) is 14.9. The number of nitrogens with zero attached hydrogens (tertiary/aromatic N) is 1. The van der Waals surface area contributed by atoms with E-state index in [-0.39, 0.29) is 12.5 Å². The molecular formula is C21H23NO4. The van der Waals surface area contributed by atoms with Crippen LogP contribution in [0.25, 0.3) is 0 Å². The summed E-state index contributed by atoms with van der Waals surface area (Å²) in [6.07, 6.45) is 1.99. The average Bonchev–Trinajstić information content (AvgIpc) is 2.67. The lowest BCUT2D eigenvalue weighted by molar-refractivity contribution is -0.135. The number of likely N-dealkylation sites (tertiary alicyclic amines) is 1. The molecule has 5 nitrogen and oxygen atoms in total. The quantitative estimate of drug-likeness (QED) is 0.765. The van der Waals surface area contributed by atoms with Crippen LogP contribution >= 0.6 is 0 Å². The Kier molecular flexibility index (Phi) is 5.89. The fourth-order valence-corrected chi connectivity index (χ4v) is 2.89. The van der Waals surface area contributed by atoms with Gasteiger partial charge in [-0.2, -0.15) is 0 Å². The molecule has 5 heteroatoms. The van der Waals surface area contributed by atoms with Crippen molar-refractivity contribution in [1.29, 1.82) is 0 Å². The molecule has 3 rings (SSSR count). The molecule has 1 aliphatic heterocycles. The Morgan fingerprint density at radius 3 is 2.38 bits per heavy atom. The van der Waals surface area contributed by atoms with E-state index >= 15 is 0 Å². The molecule has 1 amide bonds. The largest absolute Gasteiger partial charge is 0.456 e. The van der Waals surface area contributed by atoms with Crippen molar-refractivity contribution < 1.29 is 19.1 Å². The van der Waals surface area contributed by atoms with E-state index < -0.39 is 5.97 Å². The van der Waals surface area contributed by atoms with E-state index in [1.807, 2.05) is 30.3 Å². The number of carbonyl (C=O) groups excluding carboxylic acids is 2. The second-order valence-electron chi connectivity index (χ2n) is 6.55. The summed E-state index contributed by atoms with van der Waals surface area (Å²) in [6, 6.07) is 16.1. The number of piperidine rings is 1. The van der Waals surface area contributed by atoms with Gasteiger partial charge in [0.1, 0.15) is 17.1 Å². The van der Waals surface area contributed by atoms with Crippen LogP contribution in [0.3, 0.4) is 0 Å². The van der Waals surface area contributed by atoms with Gasteiger partial charge in [-0.15, -0.1) is 0 Å². The molecule has 2 aromatic rings. The van der Waals surface area contributed by atoms with Crippen LogP contribution in [0.15, 0.2) is 54.6 Å². The normalized spacial score (nSPS) is 14.7. The van der Waals surface area contributed by atoms with Crippen molar-refractivity contribution in [1.82, 2.24) is 4.90 Å². The number of hydrogen-bond acceptors (Lipinski definition) is 4. The average molecular weight is 353 g/mol. The Balaban J connectivity index is 1.60. The Morgan fingerprint density at radius 2 is 1.65 bits per heavy atom. The monoisotopic (exact) mass is 353 g/mol. The third kappa shape index (κ3) is 4.63. The summed E-state index contributed by atoms with van der Waals surface area (Å²) in [5, 5.41) is 0. The Morgan fingerprint density at radius 1 is 1.00 bits per heavy atom. The zero-order valence-electron chi connectivity index (χ0n) is 14.9. The summed E-state index contributed by atoms with van der Waals surface area (Å²) in [5.74, 6) is 0.972. The molecule has 0 radical (unpaired) electrons. The van der Waals surface area contributed by atoms with Crippen LogP contribution in [0.1, 0.15) is 30.1 Å². The van der Waals surface area contributed by atoms with Crippen LogP contribution in [0.4, 0.5) is 0 Å². The molecule has 0 bridgehead atoms. The van der Waals surface area contributed by atoms with Crippen LogP contribution in [-0.4, -0.2) is 36.5 Å². The van der Waals surface area contributed by atoms with Gasteiger partial charge in [0.15, 0.2) is 6.61 Å². The van der Waals surface area contributed by atoms with Crippen molar-refractivity contribution in [3.8, 4) is 11.5 Å². The SMILES string of the molecule is CC1CCN(C(=O)COC(=O)c2ccccc2Oc2ccccc2)CC1. The maximum atomic E-state index is 12.4. The summed E-state index contributed by atoms with van der Waals surface area (Å²) in [5.41, 5.74) is 0.302. The molecular weight excluding hydrogens is 330 g/mol. The van der Waals surface area contributed by atoms with Gasteiger partial charge < -0.3 is 14.4 Å². The highest BCUT2D eigenvalue weighted by Gasteiger charge is 2.22. The highest BCUT2D eigenvalue weighted by Crippen LogP contribution is 2.25. The highest BCUT2D eigenvalue weighted by atomic mass is 16.5. The van der Waals surface area contributed by atoms with Gasteiger partial charge in [0, 0.05) is 13.1 Å². The molecule has 1 saturated heterocycles. The van der Waals surface area contributed by atoms with Crippen molar-refractivity contribution in [3.63, 3.8) is 0 Å². The number of benzene rings is 2. The third-order valence-electron chi connectivity index (χ3n) is 4.54. The van der Waals surface area contributed by atoms with Gasteiger partial charge in [-0.1, -0.05) is 37.3 Å². The number of para-hydroxylation sites is 2. The van der Waals surface area contributed by atoms with Gasteiger partial charge >= 0.3 is 5.97 Å². The number of hydrogen-bond donors (Lipinski definition) is 0. The fraction of sp³-hybridized carbons (Fsp3) is 0.333. The topological polar surface area (TPSA) is 55.8 Å². The minimum Gasteiger partial charge on any atom is -0.456 e. The molecule has 0 N–H and O–H groups in total. The molecule has 0 atom stereocenters. The first-order chi connectivity index (χ1) is 12.6. The number of esters is 1. The number of rotatable bonds is 5. The standard InChI is InChI=1S/C21H23NO4/c1-16-11-13-22(14-12-16)20(23)15-25-21(24)18-9-5-6-10-19(18)26-17-7-3-2-4-8-17/h2-10,16H,11-15H2,1H3. The lowest BCUT2D eigenvalue weighted by Gasteiger charge is -2.30. The van der Waals surface area contributed by atoms with Crippen molar-refractivity contribution in [2.45, 2.75) is 19.8 Å². The summed E-state index contributed by atoms with van der Waals surface area (Å²) in [6.45, 7) is 3.40. The van der Waals surface area contributed by atoms with Crippen LogP contribution in [0.2, 0.25) is 0 Å². The molecule has 136 valence electrons. The minimum absolute atomic E-state index is 0.147. The number of carbonyl (C=O) groups is 2. The lowest BCUT2D eigenvalue weighted by Crippen LogP contribution is -2.40. The summed E-state index contributed by atoms with van der Waals surface area (Å²) in [7, 11) is 0. The lowest BCUT2D eigenvalue weighted by atomic mass is 9.99. The first kappa shape index (κ1) is 18.0. The zero-order chi connectivity index (χ0) is 18.4. The summed E-state index contributed by atoms with van der Waals surface area (Å²) in [4.78, 5) is 26.4. The first-order valence-corrected chi connectivity index (χ1v) is 8.90. The molecule has 2 aromatic carbocycles. The number of amides is 1. The Hall–Kier alpha value is -2.82. The van der Waals surface area contributed by atoms with Gasteiger partial charge in [0.05, 0.1) is 0 Å². The predicted molar refractivity (Wildman–Crippen MR) is 98.2 cm³/mol. The molecule has 1 fully saturated rings. The second-order valence-corrected chi connectivity index (χ2v) is 6.55. The summed E-state index contributed by atoms with van der Waals surface area (Å²) < 4.78 is 11.0. The third-order valence-corrected chi connectivity index (χ3v) is 4.54. The van der Waals surface area contributed by atoms with E-state index in [9.17, 15) is 9.59 Å². The van der Waals surface area contributed by atoms with E-state index in [1.165, 1.54) is 0 Å². The molecule has 26 heavy (non-hydrogen) atoms. The fourth-order valence-electron chi connectivity index (χ4n) is 2.89. The van der Waals surface area contributed by atoms with E-state index in [0.29, 0.717) is 23.0 Å². The maximum Gasteiger partial charge on any atom is 0.342 e. The van der Waals surface area contributed by atoms with E-state index in [1.54, 1.807) is 29.2 Å². The minimum atomic E-state index is -0.560. The first-order valence-electron chi connectivity index (χ1n) is 8.90. The molecule has 0 saturated carbocycles. The van der Waals surface area contributed by atoms with Gasteiger partial charge in [-0.05, 0) is 43.0 Å². The van der Waals surface area contributed by atoms with Crippen LogP contribution < -0.4 is 4.74 Å². The Labute approximate surface area is 153 Å². The van der Waals surface area contributed by atoms with E-state index in [4.69, 9.17) is 9.47 Å². The van der Waals surface area contributed by atoms with Crippen molar-refractivity contribution in [2.24, 2.45) is 5.92 Å². The molecule has 0 unspecified atom stereocenters. The van der Waals surface area contributed by atoms with Gasteiger partial charge in [-0.3, -0.25) is 4.79 Å². The van der Waals surface area contributed by atoms with Crippen molar-refractivity contribution in [2.75, 3.05) is 19.7 Å². The van der Waals surface area contributed by atoms with Gasteiger partial charge in [0.2, 0.25) is 0 Å². The number of ether oxygens (including phenoxy) is 2. The van der Waals surface area contributed by atoms with E-state index in [0.717, 1.165) is 25.9 Å². The highest BCUT2D eigenvalue weighted by molar-refractivity contribution is 5.94. The molecule has 1 heterocycles. The van der Waals surface area contributed by atoms with Crippen LogP contribution in [-0.2, 0) is 9.53 Å². The summed E-state index contributed by atoms with van der Waals surface area (Å²) >= 11 is 0. The van der Waals surface area contributed by atoms with E-state index in [2.05, 4.69) is 6.92 Å².